The summed E-state index contributed by atoms with van der Waals surface area (Å²) in [6, 6.07) is 9.20. The molecule has 0 bridgehead atoms. The Kier molecular flexibility index (Phi) is 14.6. The SMILES string of the molecule is CC[C@@H](C)[C@@H](OCc1ccc(OC)cc1)[C@H](C)[C@H](OCOCC[Si](C)(C)C)[C@H](C)/C=C(\C)C[C@H](C)[C@@H]1OC(=O)[C@H]1C. The van der Waals surface area contributed by atoms with E-state index in [1.807, 2.05) is 19.1 Å². The number of cyclic esters (lactones) is 1. The topological polar surface area (TPSA) is 63.2 Å². The number of hydrogen-bond acceptors (Lipinski definition) is 6. The molecule has 7 heteroatoms. The normalized spacial score (nSPS) is 22.2. The van der Waals surface area contributed by atoms with Gasteiger partial charge in [-0.3, -0.25) is 4.79 Å². The van der Waals surface area contributed by atoms with Crippen LogP contribution in [0, 0.1) is 29.6 Å². The van der Waals surface area contributed by atoms with Crippen molar-refractivity contribution in [2.24, 2.45) is 29.6 Å². The van der Waals surface area contributed by atoms with Crippen LogP contribution in [0.5, 0.6) is 5.75 Å². The van der Waals surface area contributed by atoms with Gasteiger partial charge in [0.05, 0.1) is 31.8 Å². The maximum absolute atomic E-state index is 11.6. The third-order valence-corrected chi connectivity index (χ3v) is 10.3. The fourth-order valence-electron chi connectivity index (χ4n) is 5.76. The van der Waals surface area contributed by atoms with Crippen molar-refractivity contribution in [2.45, 2.75) is 112 Å². The van der Waals surface area contributed by atoms with Crippen molar-refractivity contribution >= 4 is 14.0 Å². The number of methoxy groups -OCH3 is 1. The summed E-state index contributed by atoms with van der Waals surface area (Å²) in [5.41, 5.74) is 2.42. The molecule has 0 aliphatic carbocycles. The lowest BCUT2D eigenvalue weighted by Crippen LogP contribution is -2.47. The average molecular weight is 591 g/mol. The second-order valence-electron chi connectivity index (χ2n) is 13.6. The molecule has 1 aromatic carbocycles. The van der Waals surface area contributed by atoms with Gasteiger partial charge in [-0.1, -0.05) is 84.5 Å². The van der Waals surface area contributed by atoms with Crippen molar-refractivity contribution in [3.8, 4) is 5.75 Å². The highest BCUT2D eigenvalue weighted by molar-refractivity contribution is 6.76. The van der Waals surface area contributed by atoms with Crippen molar-refractivity contribution in [1.82, 2.24) is 0 Å². The minimum Gasteiger partial charge on any atom is -0.497 e. The molecule has 1 aliphatic rings. The van der Waals surface area contributed by atoms with Gasteiger partial charge in [-0.05, 0) is 55.8 Å². The molecule has 1 aromatic rings. The Hall–Kier alpha value is -1.67. The fraction of sp³-hybridized carbons (Fsp3) is 0.735. The number of allylic oxidation sites excluding steroid dienone is 1. The molecular formula is C34H58O6Si. The zero-order valence-electron chi connectivity index (χ0n) is 27.7. The predicted octanol–water partition coefficient (Wildman–Crippen LogP) is 8.13. The summed E-state index contributed by atoms with van der Waals surface area (Å²) in [6.07, 6.45) is 4.22. The smallest absolute Gasteiger partial charge is 0.312 e. The summed E-state index contributed by atoms with van der Waals surface area (Å²) >= 11 is 0. The molecule has 0 amide bonds. The second kappa shape index (κ2) is 16.8. The Labute approximate surface area is 251 Å². The van der Waals surface area contributed by atoms with Crippen molar-refractivity contribution in [1.29, 1.82) is 0 Å². The Bertz CT molecular complexity index is 940. The molecule has 2 rings (SSSR count). The largest absolute Gasteiger partial charge is 0.497 e. The minimum atomic E-state index is -1.17. The van der Waals surface area contributed by atoms with Gasteiger partial charge in [0.25, 0.3) is 0 Å². The zero-order chi connectivity index (χ0) is 30.7. The van der Waals surface area contributed by atoms with E-state index in [0.29, 0.717) is 12.5 Å². The molecule has 6 nitrogen and oxygen atoms in total. The minimum absolute atomic E-state index is 0.00744. The van der Waals surface area contributed by atoms with E-state index in [-0.39, 0.29) is 54.7 Å². The molecule has 0 saturated carbocycles. The third kappa shape index (κ3) is 11.5. The third-order valence-electron chi connectivity index (χ3n) is 8.57. The van der Waals surface area contributed by atoms with Crippen LogP contribution in [0.2, 0.25) is 25.7 Å². The van der Waals surface area contributed by atoms with Crippen LogP contribution < -0.4 is 4.74 Å². The van der Waals surface area contributed by atoms with Gasteiger partial charge in [0, 0.05) is 26.5 Å². The van der Waals surface area contributed by atoms with Crippen LogP contribution in [0.15, 0.2) is 35.9 Å². The lowest BCUT2D eigenvalue weighted by atomic mass is 9.81. The van der Waals surface area contributed by atoms with Gasteiger partial charge < -0.3 is 23.7 Å². The first-order valence-electron chi connectivity index (χ1n) is 15.6. The number of hydrogen-bond donors (Lipinski definition) is 0. The van der Waals surface area contributed by atoms with E-state index in [9.17, 15) is 4.79 Å². The summed E-state index contributed by atoms with van der Waals surface area (Å²) in [5.74, 6) is 1.71. The van der Waals surface area contributed by atoms with Crippen LogP contribution in [0.25, 0.3) is 0 Å². The second-order valence-corrected chi connectivity index (χ2v) is 19.2. The van der Waals surface area contributed by atoms with Gasteiger partial charge in [-0.2, -0.15) is 0 Å². The lowest BCUT2D eigenvalue weighted by Gasteiger charge is -2.38. The lowest BCUT2D eigenvalue weighted by molar-refractivity contribution is -0.188. The first-order chi connectivity index (χ1) is 19.3. The van der Waals surface area contributed by atoms with Gasteiger partial charge in [0.1, 0.15) is 18.6 Å². The van der Waals surface area contributed by atoms with Crippen LogP contribution in [-0.2, 0) is 30.3 Å². The fourth-order valence-corrected chi connectivity index (χ4v) is 6.52. The van der Waals surface area contributed by atoms with E-state index in [1.54, 1.807) is 7.11 Å². The Balaban J connectivity index is 2.16. The number of carbonyl (C=O) groups is 1. The number of carbonyl (C=O) groups excluding carboxylic acids is 1. The first kappa shape index (κ1) is 35.5. The summed E-state index contributed by atoms with van der Waals surface area (Å²) in [5, 5.41) is 0. The van der Waals surface area contributed by atoms with Crippen molar-refractivity contribution in [3.63, 3.8) is 0 Å². The predicted molar refractivity (Wildman–Crippen MR) is 170 cm³/mol. The van der Waals surface area contributed by atoms with Crippen LogP contribution in [0.1, 0.15) is 66.9 Å². The van der Waals surface area contributed by atoms with Gasteiger partial charge in [0.15, 0.2) is 0 Å². The molecule has 1 fully saturated rings. The Morgan fingerprint density at radius 1 is 1.05 bits per heavy atom. The van der Waals surface area contributed by atoms with E-state index in [1.165, 1.54) is 5.57 Å². The number of benzene rings is 1. The summed E-state index contributed by atoms with van der Waals surface area (Å²) in [4.78, 5) is 11.6. The molecule has 1 heterocycles. The van der Waals surface area contributed by atoms with E-state index in [0.717, 1.165) is 36.8 Å². The molecule has 1 saturated heterocycles. The molecule has 0 unspecified atom stereocenters. The van der Waals surface area contributed by atoms with Crippen LogP contribution in [0.4, 0.5) is 0 Å². The van der Waals surface area contributed by atoms with Gasteiger partial charge in [0.2, 0.25) is 0 Å². The summed E-state index contributed by atoms with van der Waals surface area (Å²) in [7, 11) is 0.513. The maximum atomic E-state index is 11.6. The van der Waals surface area contributed by atoms with Crippen molar-refractivity contribution < 1.29 is 28.5 Å². The van der Waals surface area contributed by atoms with Crippen LogP contribution >= 0.6 is 0 Å². The number of rotatable bonds is 19. The van der Waals surface area contributed by atoms with E-state index in [4.69, 9.17) is 23.7 Å². The Morgan fingerprint density at radius 3 is 2.24 bits per heavy atom. The van der Waals surface area contributed by atoms with E-state index in [2.05, 4.69) is 79.4 Å². The zero-order valence-corrected chi connectivity index (χ0v) is 28.7. The summed E-state index contributed by atoms with van der Waals surface area (Å²) < 4.78 is 29.9. The molecule has 8 atom stereocenters. The molecule has 0 radical (unpaired) electrons. The monoisotopic (exact) mass is 590 g/mol. The first-order valence-corrected chi connectivity index (χ1v) is 19.3. The van der Waals surface area contributed by atoms with Gasteiger partial charge in [-0.25, -0.2) is 0 Å². The molecule has 234 valence electrons. The average Bonchev–Trinajstić information content (AvgIpc) is 2.92. The standard InChI is InChI=1S/C34H58O6Si/c1-12-24(3)31(38-21-29-13-15-30(36-8)16-14-29)27(6)32(39-22-37-17-18-41(9,10)11)25(4)19-23(2)20-26(5)33-28(7)34(35)40-33/h13-16,19,24-28,31-33H,12,17-18,20-22H2,1-11H3/b23-19+/t24-,25-,26+,27+,28+,31-,32-,33+/m1/s1. The van der Waals surface area contributed by atoms with Crippen molar-refractivity contribution in [2.75, 3.05) is 20.5 Å². The maximum Gasteiger partial charge on any atom is 0.312 e. The molecular weight excluding hydrogens is 532 g/mol. The summed E-state index contributed by atoms with van der Waals surface area (Å²) in [6.45, 7) is 23.9. The van der Waals surface area contributed by atoms with Crippen LogP contribution in [-0.4, -0.2) is 52.9 Å². The Morgan fingerprint density at radius 2 is 1.71 bits per heavy atom. The molecule has 0 aromatic heterocycles. The van der Waals surface area contributed by atoms with E-state index < -0.39 is 8.07 Å². The highest BCUT2D eigenvalue weighted by Crippen LogP contribution is 2.33. The molecule has 1 aliphatic heterocycles. The van der Waals surface area contributed by atoms with Crippen LogP contribution in [0.3, 0.4) is 0 Å². The number of ether oxygens (including phenoxy) is 5. The van der Waals surface area contributed by atoms with E-state index >= 15 is 0 Å². The van der Waals surface area contributed by atoms with Crippen molar-refractivity contribution in [3.05, 3.63) is 41.5 Å². The highest BCUT2D eigenvalue weighted by Gasteiger charge is 2.42. The highest BCUT2D eigenvalue weighted by atomic mass is 28.3. The van der Waals surface area contributed by atoms with Gasteiger partial charge in [-0.15, -0.1) is 0 Å². The van der Waals surface area contributed by atoms with Gasteiger partial charge >= 0.3 is 5.97 Å². The number of esters is 1. The molecule has 0 N–H and O–H groups in total. The molecule has 0 spiro atoms. The quantitative estimate of drug-likeness (QED) is 0.0533. The molecule has 41 heavy (non-hydrogen) atoms.